The SMILES string of the molecule is CC(=O)N(C)c1ccc(S(=O)(=O)N2CCC3(CC2)NCCO3)cc1. The van der Waals surface area contributed by atoms with E-state index >= 15 is 0 Å². The van der Waals surface area contributed by atoms with E-state index in [2.05, 4.69) is 5.32 Å². The molecule has 1 aromatic rings. The van der Waals surface area contributed by atoms with Crippen LogP contribution >= 0.6 is 0 Å². The number of anilines is 1. The summed E-state index contributed by atoms with van der Waals surface area (Å²) < 4.78 is 32.8. The number of nitrogens with zero attached hydrogens (tertiary/aromatic N) is 2. The van der Waals surface area contributed by atoms with Crippen molar-refractivity contribution in [2.45, 2.75) is 30.4 Å². The summed E-state index contributed by atoms with van der Waals surface area (Å²) in [5.74, 6) is -0.101. The highest BCUT2D eigenvalue weighted by atomic mass is 32.2. The maximum atomic E-state index is 12.8. The molecule has 2 aliphatic rings. The first-order valence-corrected chi connectivity index (χ1v) is 9.52. The Morgan fingerprint density at radius 2 is 1.88 bits per heavy atom. The van der Waals surface area contributed by atoms with Gasteiger partial charge in [-0.2, -0.15) is 4.31 Å². The Morgan fingerprint density at radius 1 is 1.25 bits per heavy atom. The van der Waals surface area contributed by atoms with Crippen molar-refractivity contribution in [3.05, 3.63) is 24.3 Å². The van der Waals surface area contributed by atoms with Gasteiger partial charge in [0.25, 0.3) is 0 Å². The standard InChI is InChI=1S/C16H23N3O4S/c1-13(20)18(2)14-3-5-15(6-4-14)24(21,22)19-10-7-16(8-11-19)17-9-12-23-16/h3-6,17H,7-12H2,1-2H3. The fourth-order valence-corrected chi connectivity index (χ4v) is 4.60. The number of ether oxygens (including phenoxy) is 1. The van der Waals surface area contributed by atoms with Gasteiger partial charge >= 0.3 is 0 Å². The van der Waals surface area contributed by atoms with Crippen molar-refractivity contribution in [3.8, 4) is 0 Å². The minimum absolute atomic E-state index is 0.101. The van der Waals surface area contributed by atoms with E-state index in [-0.39, 0.29) is 16.5 Å². The van der Waals surface area contributed by atoms with Gasteiger partial charge in [-0.1, -0.05) is 0 Å². The molecule has 0 aromatic heterocycles. The third-order valence-corrected chi connectivity index (χ3v) is 6.70. The second-order valence-electron chi connectivity index (χ2n) is 6.25. The molecule has 2 heterocycles. The zero-order valence-electron chi connectivity index (χ0n) is 14.0. The lowest BCUT2D eigenvalue weighted by Gasteiger charge is -2.37. The first kappa shape index (κ1) is 17.3. The second kappa shape index (κ2) is 6.44. The van der Waals surface area contributed by atoms with Crippen molar-refractivity contribution in [1.29, 1.82) is 0 Å². The molecule has 0 radical (unpaired) electrons. The minimum Gasteiger partial charge on any atom is -0.359 e. The van der Waals surface area contributed by atoms with E-state index in [1.165, 1.54) is 16.1 Å². The van der Waals surface area contributed by atoms with Gasteiger partial charge in [0.1, 0.15) is 5.72 Å². The minimum atomic E-state index is -3.52. The van der Waals surface area contributed by atoms with Crippen molar-refractivity contribution in [2.75, 3.05) is 38.2 Å². The van der Waals surface area contributed by atoms with Crippen molar-refractivity contribution >= 4 is 21.6 Å². The van der Waals surface area contributed by atoms with E-state index in [0.717, 1.165) is 6.54 Å². The van der Waals surface area contributed by atoms with E-state index in [4.69, 9.17) is 4.74 Å². The number of nitrogens with one attached hydrogen (secondary N) is 1. The van der Waals surface area contributed by atoms with E-state index in [9.17, 15) is 13.2 Å². The number of hydrogen-bond acceptors (Lipinski definition) is 5. The summed E-state index contributed by atoms with van der Waals surface area (Å²) in [6.07, 6.45) is 1.30. The highest BCUT2D eigenvalue weighted by molar-refractivity contribution is 7.89. The first-order chi connectivity index (χ1) is 11.3. The molecule has 2 saturated heterocycles. The smallest absolute Gasteiger partial charge is 0.243 e. The summed E-state index contributed by atoms with van der Waals surface area (Å²) >= 11 is 0. The molecule has 1 amide bonds. The molecule has 3 rings (SSSR count). The summed E-state index contributed by atoms with van der Waals surface area (Å²) in [5, 5.41) is 3.33. The molecule has 7 nitrogen and oxygen atoms in total. The van der Waals surface area contributed by atoms with E-state index in [0.29, 0.717) is 38.2 Å². The molecule has 8 heteroatoms. The molecule has 0 atom stereocenters. The number of sulfonamides is 1. The van der Waals surface area contributed by atoms with Crippen molar-refractivity contribution in [3.63, 3.8) is 0 Å². The number of carbonyl (C=O) groups is 1. The fourth-order valence-electron chi connectivity index (χ4n) is 3.16. The lowest BCUT2D eigenvalue weighted by molar-refractivity contribution is -0.116. The Balaban J connectivity index is 1.73. The van der Waals surface area contributed by atoms with E-state index < -0.39 is 10.0 Å². The van der Waals surface area contributed by atoms with Crippen LogP contribution in [0, 0.1) is 0 Å². The summed E-state index contributed by atoms with van der Waals surface area (Å²) in [4.78, 5) is 13.1. The predicted molar refractivity (Wildman–Crippen MR) is 90.2 cm³/mol. The highest BCUT2D eigenvalue weighted by Gasteiger charge is 2.41. The average molecular weight is 353 g/mol. The molecule has 0 bridgehead atoms. The maximum Gasteiger partial charge on any atom is 0.243 e. The number of carbonyl (C=O) groups excluding carboxylic acids is 1. The van der Waals surface area contributed by atoms with Crippen LogP contribution in [0.2, 0.25) is 0 Å². The van der Waals surface area contributed by atoms with Crippen LogP contribution < -0.4 is 10.2 Å². The van der Waals surface area contributed by atoms with Crippen LogP contribution in [0.4, 0.5) is 5.69 Å². The van der Waals surface area contributed by atoms with Crippen LogP contribution in [0.15, 0.2) is 29.2 Å². The van der Waals surface area contributed by atoms with Crippen LogP contribution in [0.1, 0.15) is 19.8 Å². The molecule has 1 N–H and O–H groups in total. The number of amides is 1. The van der Waals surface area contributed by atoms with Crippen LogP contribution in [-0.2, 0) is 19.6 Å². The molecule has 0 saturated carbocycles. The summed E-state index contributed by atoms with van der Waals surface area (Å²) in [6, 6.07) is 6.42. The van der Waals surface area contributed by atoms with Gasteiger partial charge in [0.2, 0.25) is 15.9 Å². The van der Waals surface area contributed by atoms with Crippen LogP contribution in [0.25, 0.3) is 0 Å². The van der Waals surface area contributed by atoms with Gasteiger partial charge < -0.3 is 9.64 Å². The molecule has 0 unspecified atom stereocenters. The number of hydrogen-bond donors (Lipinski definition) is 1. The molecule has 2 fully saturated rings. The average Bonchev–Trinajstić information content (AvgIpc) is 3.02. The van der Waals surface area contributed by atoms with Gasteiger partial charge in [-0.25, -0.2) is 8.42 Å². The molecule has 132 valence electrons. The van der Waals surface area contributed by atoms with Gasteiger partial charge in [0.15, 0.2) is 0 Å². The zero-order chi connectivity index (χ0) is 17.4. The largest absolute Gasteiger partial charge is 0.359 e. The van der Waals surface area contributed by atoms with Gasteiger partial charge in [0.05, 0.1) is 11.5 Å². The summed E-state index contributed by atoms with van der Waals surface area (Å²) in [5.41, 5.74) is 0.322. The normalized spacial score (nSPS) is 21.1. The molecule has 1 aromatic carbocycles. The number of benzene rings is 1. The van der Waals surface area contributed by atoms with E-state index in [1.807, 2.05) is 0 Å². The fraction of sp³-hybridized carbons (Fsp3) is 0.562. The van der Waals surface area contributed by atoms with Gasteiger partial charge in [-0.15, -0.1) is 0 Å². The third-order valence-electron chi connectivity index (χ3n) is 4.79. The van der Waals surface area contributed by atoms with Gasteiger partial charge in [-0.3, -0.25) is 10.1 Å². The van der Waals surface area contributed by atoms with Gasteiger partial charge in [0, 0.05) is 52.1 Å². The van der Waals surface area contributed by atoms with Crippen molar-refractivity contribution in [2.24, 2.45) is 0 Å². The summed E-state index contributed by atoms with van der Waals surface area (Å²) in [6.45, 7) is 3.83. The third kappa shape index (κ3) is 3.19. The van der Waals surface area contributed by atoms with Crippen molar-refractivity contribution in [1.82, 2.24) is 9.62 Å². The van der Waals surface area contributed by atoms with Crippen LogP contribution in [0.3, 0.4) is 0 Å². The number of piperidine rings is 1. The highest BCUT2D eigenvalue weighted by Crippen LogP contribution is 2.30. The Kier molecular flexibility index (Phi) is 4.65. The Morgan fingerprint density at radius 3 is 2.38 bits per heavy atom. The number of rotatable bonds is 3. The Bertz CT molecular complexity index is 701. The maximum absolute atomic E-state index is 12.8. The first-order valence-electron chi connectivity index (χ1n) is 8.08. The lowest BCUT2D eigenvalue weighted by Crippen LogP contribution is -2.52. The monoisotopic (exact) mass is 353 g/mol. The molecular formula is C16H23N3O4S. The molecule has 24 heavy (non-hydrogen) atoms. The molecule has 2 aliphatic heterocycles. The lowest BCUT2D eigenvalue weighted by atomic mass is 10.0. The Hall–Kier alpha value is -1.48. The quantitative estimate of drug-likeness (QED) is 0.868. The second-order valence-corrected chi connectivity index (χ2v) is 8.18. The molecule has 1 spiro atoms. The summed E-state index contributed by atoms with van der Waals surface area (Å²) in [7, 11) is -1.87. The topological polar surface area (TPSA) is 79.0 Å². The van der Waals surface area contributed by atoms with Gasteiger partial charge in [-0.05, 0) is 24.3 Å². The van der Waals surface area contributed by atoms with E-state index in [1.54, 1.807) is 31.3 Å². The molecular weight excluding hydrogens is 330 g/mol. The Labute approximate surface area is 142 Å². The van der Waals surface area contributed by atoms with Crippen LogP contribution in [0.5, 0.6) is 0 Å². The van der Waals surface area contributed by atoms with Crippen molar-refractivity contribution < 1.29 is 17.9 Å². The molecule has 0 aliphatic carbocycles. The predicted octanol–water partition coefficient (Wildman–Crippen LogP) is 0.770. The van der Waals surface area contributed by atoms with Crippen LogP contribution in [-0.4, -0.2) is 57.6 Å². The zero-order valence-corrected chi connectivity index (χ0v) is 14.8.